The summed E-state index contributed by atoms with van der Waals surface area (Å²) in [4.78, 5) is 23.9. The first kappa shape index (κ1) is 25.1. The van der Waals surface area contributed by atoms with Gasteiger partial charge < -0.3 is 31.8 Å². The zero-order valence-corrected chi connectivity index (χ0v) is 18.3. The number of aromatic nitrogens is 2. The number of carbonyl (C=O) groups is 1. The highest BCUT2D eigenvalue weighted by molar-refractivity contribution is 6.31. The number of nitrogens with two attached hydrogens (primary N) is 3. The van der Waals surface area contributed by atoms with E-state index in [4.69, 9.17) is 43.4 Å². The number of aliphatic imine (C=N–C) groups is 1. The van der Waals surface area contributed by atoms with Crippen molar-refractivity contribution in [3.8, 4) is 0 Å². The molecule has 1 aromatic rings. The number of halogens is 1. The van der Waals surface area contributed by atoms with Gasteiger partial charge in [0, 0.05) is 6.54 Å². The molecule has 11 nitrogen and oxygen atoms in total. The van der Waals surface area contributed by atoms with Gasteiger partial charge in [-0.1, -0.05) is 24.4 Å². The van der Waals surface area contributed by atoms with Crippen molar-refractivity contribution >= 4 is 35.1 Å². The Balaban J connectivity index is 1.61. The summed E-state index contributed by atoms with van der Waals surface area (Å²) in [5.74, 6) is -0.139. The summed E-state index contributed by atoms with van der Waals surface area (Å²) in [5.41, 5.74) is 16.7. The van der Waals surface area contributed by atoms with E-state index >= 15 is 0 Å². The van der Waals surface area contributed by atoms with Crippen LogP contribution in [0.2, 0.25) is 5.15 Å². The fourth-order valence-corrected chi connectivity index (χ4v) is 3.62. The minimum absolute atomic E-state index is 0.0121. The van der Waals surface area contributed by atoms with Gasteiger partial charge in [0.15, 0.2) is 28.4 Å². The van der Waals surface area contributed by atoms with Crippen molar-refractivity contribution in [2.24, 2.45) is 16.6 Å². The van der Waals surface area contributed by atoms with Gasteiger partial charge in [-0.25, -0.2) is 9.97 Å². The highest BCUT2D eigenvalue weighted by Gasteiger charge is 2.21. The van der Waals surface area contributed by atoms with Crippen LogP contribution in [0.1, 0.15) is 55.4 Å². The van der Waals surface area contributed by atoms with E-state index in [0.717, 1.165) is 44.9 Å². The number of amides is 1. The van der Waals surface area contributed by atoms with Gasteiger partial charge in [0.1, 0.15) is 6.79 Å². The molecule has 0 unspecified atom stereocenters. The van der Waals surface area contributed by atoms with Crippen molar-refractivity contribution in [3.05, 3.63) is 10.8 Å². The number of anilines is 2. The predicted molar refractivity (Wildman–Crippen MR) is 118 cm³/mol. The standard InChI is InChI=1S/C19H32ClN7O4/c20-15-17(22)26-16(21)14(25-15)18(29)27-19(23)24-8-2-1-3-12-4-6-13(7-5-12)31-10-9-30-11-28/h12-13,28H,1-11H2,(H4,21,22,26)(H3,23,24,27,29). The van der Waals surface area contributed by atoms with Gasteiger partial charge in [0.05, 0.1) is 19.3 Å². The van der Waals surface area contributed by atoms with Gasteiger partial charge in [-0.15, -0.1) is 0 Å². The molecule has 0 aromatic carbocycles. The molecular formula is C19H32ClN7O4. The molecule has 0 bridgehead atoms. The molecule has 1 aliphatic rings. The van der Waals surface area contributed by atoms with Crippen molar-refractivity contribution in [3.63, 3.8) is 0 Å². The maximum atomic E-state index is 12.2. The first-order valence-electron chi connectivity index (χ1n) is 10.4. The molecule has 2 rings (SSSR count). The molecule has 1 amide bonds. The van der Waals surface area contributed by atoms with Gasteiger partial charge >= 0.3 is 0 Å². The number of ether oxygens (including phenoxy) is 2. The van der Waals surface area contributed by atoms with Crippen LogP contribution < -0.4 is 22.5 Å². The smallest absolute Gasteiger partial charge is 0.280 e. The first-order chi connectivity index (χ1) is 14.9. The SMILES string of the molecule is NC(=NCCCCC1CCC(OCCOCO)CC1)NC(=O)c1nc(Cl)c(N)nc1N. The molecule has 0 atom stereocenters. The summed E-state index contributed by atoms with van der Waals surface area (Å²) in [6, 6.07) is 0. The Kier molecular flexibility index (Phi) is 10.7. The molecule has 0 spiro atoms. The van der Waals surface area contributed by atoms with Crippen LogP contribution in [0.4, 0.5) is 11.6 Å². The topological polar surface area (TPSA) is 184 Å². The second kappa shape index (κ2) is 13.3. The summed E-state index contributed by atoms with van der Waals surface area (Å²) in [6.07, 6.45) is 7.76. The number of aliphatic hydroxyl groups excluding tert-OH is 1. The number of rotatable bonds is 11. The van der Waals surface area contributed by atoms with Crippen molar-refractivity contribution in [2.45, 2.75) is 51.0 Å². The largest absolute Gasteiger partial charge is 0.382 e. The minimum atomic E-state index is -0.643. The molecule has 8 N–H and O–H groups in total. The van der Waals surface area contributed by atoms with Crippen LogP contribution in [0.25, 0.3) is 0 Å². The van der Waals surface area contributed by atoms with Crippen LogP contribution in [0, 0.1) is 5.92 Å². The Labute approximate surface area is 186 Å². The molecule has 31 heavy (non-hydrogen) atoms. The molecule has 0 radical (unpaired) electrons. The van der Waals surface area contributed by atoms with Crippen molar-refractivity contribution in [1.29, 1.82) is 0 Å². The molecule has 1 aliphatic carbocycles. The molecule has 0 saturated heterocycles. The number of guanidine groups is 1. The maximum absolute atomic E-state index is 12.2. The summed E-state index contributed by atoms with van der Waals surface area (Å²) < 4.78 is 10.6. The number of carbonyl (C=O) groups excluding carboxylic acids is 1. The summed E-state index contributed by atoms with van der Waals surface area (Å²) in [5, 5.41) is 10.9. The average molecular weight is 458 g/mol. The van der Waals surface area contributed by atoms with E-state index in [1.54, 1.807) is 0 Å². The third kappa shape index (κ3) is 8.82. The van der Waals surface area contributed by atoms with Gasteiger partial charge in [0.25, 0.3) is 5.91 Å². The Bertz CT molecular complexity index is 742. The first-order valence-corrected chi connectivity index (χ1v) is 10.8. The van der Waals surface area contributed by atoms with E-state index in [9.17, 15) is 4.79 Å². The summed E-state index contributed by atoms with van der Waals surface area (Å²) in [7, 11) is 0. The quantitative estimate of drug-likeness (QED) is 0.140. The van der Waals surface area contributed by atoms with E-state index in [-0.39, 0.29) is 35.2 Å². The lowest BCUT2D eigenvalue weighted by Gasteiger charge is -2.28. The summed E-state index contributed by atoms with van der Waals surface area (Å²) >= 11 is 5.77. The number of nitrogens with one attached hydrogen (secondary N) is 1. The number of hydrogen-bond donors (Lipinski definition) is 5. The van der Waals surface area contributed by atoms with Crippen LogP contribution in [0.3, 0.4) is 0 Å². The zero-order chi connectivity index (χ0) is 22.6. The number of nitrogen functional groups attached to an aromatic ring is 2. The molecule has 1 heterocycles. The average Bonchev–Trinajstić information content (AvgIpc) is 2.74. The number of nitrogens with zero attached hydrogens (tertiary/aromatic N) is 3. The molecule has 0 aliphatic heterocycles. The minimum Gasteiger partial charge on any atom is -0.382 e. The monoisotopic (exact) mass is 457 g/mol. The lowest BCUT2D eigenvalue weighted by Crippen LogP contribution is -2.38. The third-order valence-electron chi connectivity index (χ3n) is 5.13. The molecule has 1 fully saturated rings. The second-order valence-corrected chi connectivity index (χ2v) is 7.76. The molecule has 174 valence electrons. The molecule has 1 aromatic heterocycles. The number of aliphatic hydroxyl groups is 1. The lowest BCUT2D eigenvalue weighted by molar-refractivity contribution is -0.0542. The fraction of sp³-hybridized carbons (Fsp3) is 0.684. The van der Waals surface area contributed by atoms with Crippen LogP contribution in [-0.2, 0) is 9.47 Å². The van der Waals surface area contributed by atoms with Gasteiger partial charge in [-0.3, -0.25) is 15.1 Å². The van der Waals surface area contributed by atoms with Gasteiger partial charge in [-0.05, 0) is 38.0 Å². The van der Waals surface area contributed by atoms with Crippen LogP contribution in [-0.4, -0.2) is 59.6 Å². The Morgan fingerprint density at radius 3 is 2.61 bits per heavy atom. The Morgan fingerprint density at radius 2 is 1.90 bits per heavy atom. The normalized spacial score (nSPS) is 19.4. The Hall–Kier alpha value is -2.21. The fourth-order valence-electron chi connectivity index (χ4n) is 3.49. The van der Waals surface area contributed by atoms with Crippen LogP contribution in [0.5, 0.6) is 0 Å². The third-order valence-corrected chi connectivity index (χ3v) is 5.41. The summed E-state index contributed by atoms with van der Waals surface area (Å²) in [6.45, 7) is 1.20. The van der Waals surface area contributed by atoms with E-state index in [0.29, 0.717) is 31.8 Å². The maximum Gasteiger partial charge on any atom is 0.280 e. The molecule has 12 heteroatoms. The zero-order valence-electron chi connectivity index (χ0n) is 17.6. The van der Waals surface area contributed by atoms with Gasteiger partial charge in [-0.2, -0.15) is 0 Å². The van der Waals surface area contributed by atoms with Gasteiger partial charge in [0.2, 0.25) is 0 Å². The predicted octanol–water partition coefficient (Wildman–Crippen LogP) is 1.05. The second-order valence-electron chi connectivity index (χ2n) is 7.40. The lowest BCUT2D eigenvalue weighted by atomic mass is 9.84. The van der Waals surface area contributed by atoms with Crippen molar-refractivity contribution < 1.29 is 19.4 Å². The van der Waals surface area contributed by atoms with Crippen molar-refractivity contribution in [1.82, 2.24) is 15.3 Å². The van der Waals surface area contributed by atoms with E-state index in [1.165, 1.54) is 0 Å². The molecule has 1 saturated carbocycles. The Morgan fingerprint density at radius 1 is 1.16 bits per heavy atom. The van der Waals surface area contributed by atoms with E-state index in [1.807, 2.05) is 0 Å². The highest BCUT2D eigenvalue weighted by Crippen LogP contribution is 2.29. The van der Waals surface area contributed by atoms with Crippen LogP contribution in [0.15, 0.2) is 4.99 Å². The molecular weight excluding hydrogens is 426 g/mol. The highest BCUT2D eigenvalue weighted by atomic mass is 35.5. The van der Waals surface area contributed by atoms with E-state index in [2.05, 4.69) is 20.3 Å². The van der Waals surface area contributed by atoms with E-state index < -0.39 is 5.91 Å². The number of unbranched alkanes of at least 4 members (excludes halogenated alkanes) is 1. The van der Waals surface area contributed by atoms with Crippen molar-refractivity contribution in [2.75, 3.05) is 38.0 Å². The van der Waals surface area contributed by atoms with Crippen LogP contribution >= 0.6 is 11.6 Å². The number of hydrogen-bond acceptors (Lipinski definition) is 9.